The third-order valence-corrected chi connectivity index (χ3v) is 6.28. The number of piperazine rings is 1. The van der Waals surface area contributed by atoms with E-state index in [1.807, 2.05) is 30.3 Å². The summed E-state index contributed by atoms with van der Waals surface area (Å²) in [6, 6.07) is 13.1. The average Bonchev–Trinajstić information content (AvgIpc) is 3.52. The number of ether oxygens (including phenoxy) is 1. The normalized spacial score (nSPS) is 14.4. The van der Waals surface area contributed by atoms with Gasteiger partial charge in [0, 0.05) is 52.1 Å². The van der Waals surface area contributed by atoms with E-state index in [1.165, 1.54) is 0 Å². The molecule has 11 heteroatoms. The Bertz CT molecular complexity index is 1280. The molecule has 188 valence electrons. The van der Waals surface area contributed by atoms with Crippen LogP contribution in [0, 0.1) is 0 Å². The molecule has 0 spiro atoms. The number of anilines is 2. The Morgan fingerprint density at radius 2 is 1.97 bits per heavy atom. The maximum atomic E-state index is 12.9. The molecule has 1 amide bonds. The van der Waals surface area contributed by atoms with Crippen LogP contribution in [-0.2, 0) is 11.3 Å². The standard InChI is InChI=1S/C25H30N8O3/c1-36-15-13-31-8-10-32(11-9-31)23-7-6-18(17-26-23)25(35)29-22-16-21(33(30-22)12-14-34)24-27-19-4-2-3-5-20(19)28-24/h2-7,16-17,34H,8-15H2,1H3,(H,27,28)(H,29,30,35). The summed E-state index contributed by atoms with van der Waals surface area (Å²) < 4.78 is 6.79. The molecule has 0 atom stereocenters. The van der Waals surface area contributed by atoms with Crippen LogP contribution in [0.15, 0.2) is 48.7 Å². The molecule has 11 nitrogen and oxygen atoms in total. The van der Waals surface area contributed by atoms with Crippen molar-refractivity contribution >= 4 is 28.6 Å². The molecule has 3 N–H and O–H groups in total. The predicted octanol–water partition coefficient (Wildman–Crippen LogP) is 1.83. The van der Waals surface area contributed by atoms with Crippen molar-refractivity contribution in [2.75, 3.05) is 63.3 Å². The van der Waals surface area contributed by atoms with Crippen molar-refractivity contribution in [3.63, 3.8) is 0 Å². The number of hydrogen-bond acceptors (Lipinski definition) is 8. The second-order valence-corrected chi connectivity index (χ2v) is 8.64. The first-order chi connectivity index (χ1) is 17.6. The monoisotopic (exact) mass is 490 g/mol. The van der Waals surface area contributed by atoms with Gasteiger partial charge in [-0.3, -0.25) is 14.4 Å². The molecule has 0 saturated carbocycles. The lowest BCUT2D eigenvalue weighted by atomic mass is 10.2. The maximum absolute atomic E-state index is 12.9. The number of nitrogens with one attached hydrogen (secondary N) is 2. The Balaban J connectivity index is 1.26. The molecule has 3 aromatic heterocycles. The van der Waals surface area contributed by atoms with Crippen molar-refractivity contribution in [3.05, 3.63) is 54.2 Å². The number of hydrogen-bond donors (Lipinski definition) is 3. The maximum Gasteiger partial charge on any atom is 0.258 e. The minimum Gasteiger partial charge on any atom is -0.394 e. The van der Waals surface area contributed by atoms with Gasteiger partial charge in [0.1, 0.15) is 11.5 Å². The number of nitrogens with zero attached hydrogens (tertiary/aromatic N) is 6. The molecular weight excluding hydrogens is 460 g/mol. The minimum absolute atomic E-state index is 0.0890. The molecule has 1 aliphatic rings. The number of fused-ring (bicyclic) bond motifs is 1. The number of para-hydroxylation sites is 2. The third kappa shape index (κ3) is 5.23. The van der Waals surface area contributed by atoms with Crippen molar-refractivity contribution in [2.24, 2.45) is 0 Å². The topological polar surface area (TPSA) is 124 Å². The second-order valence-electron chi connectivity index (χ2n) is 8.64. The van der Waals surface area contributed by atoms with E-state index < -0.39 is 0 Å². The molecule has 0 radical (unpaired) electrons. The lowest BCUT2D eigenvalue weighted by Crippen LogP contribution is -2.47. The lowest BCUT2D eigenvalue weighted by molar-refractivity contribution is 0.102. The Morgan fingerprint density at radius 3 is 2.69 bits per heavy atom. The molecule has 4 heterocycles. The van der Waals surface area contributed by atoms with Gasteiger partial charge in [-0.2, -0.15) is 5.10 Å². The van der Waals surface area contributed by atoms with Gasteiger partial charge in [-0.05, 0) is 24.3 Å². The first-order valence-corrected chi connectivity index (χ1v) is 12.0. The number of aliphatic hydroxyl groups is 1. The Labute approximate surface area is 208 Å². The quantitative estimate of drug-likeness (QED) is 0.325. The number of carbonyl (C=O) groups excluding carboxylic acids is 1. The fourth-order valence-corrected chi connectivity index (χ4v) is 4.32. The Hall–Kier alpha value is -3.80. The van der Waals surface area contributed by atoms with Gasteiger partial charge in [-0.1, -0.05) is 12.1 Å². The first kappa shape index (κ1) is 23.9. The van der Waals surface area contributed by atoms with Crippen molar-refractivity contribution in [3.8, 4) is 11.5 Å². The Morgan fingerprint density at radius 1 is 1.14 bits per heavy atom. The molecule has 1 aliphatic heterocycles. The fourth-order valence-electron chi connectivity index (χ4n) is 4.32. The van der Waals surface area contributed by atoms with Crippen LogP contribution >= 0.6 is 0 Å². The number of aromatic amines is 1. The molecule has 5 rings (SSSR count). The van der Waals surface area contributed by atoms with Gasteiger partial charge in [0.15, 0.2) is 11.6 Å². The zero-order valence-electron chi connectivity index (χ0n) is 20.2. The van der Waals surface area contributed by atoms with Crippen LogP contribution in [0.1, 0.15) is 10.4 Å². The van der Waals surface area contributed by atoms with Crippen molar-refractivity contribution in [1.29, 1.82) is 0 Å². The summed E-state index contributed by atoms with van der Waals surface area (Å²) >= 11 is 0. The Kier molecular flexibility index (Phi) is 7.21. The van der Waals surface area contributed by atoms with Crippen LogP contribution in [0.3, 0.4) is 0 Å². The summed E-state index contributed by atoms with van der Waals surface area (Å²) in [5, 5.41) is 16.8. The van der Waals surface area contributed by atoms with Gasteiger partial charge in [0.05, 0.1) is 36.4 Å². The summed E-state index contributed by atoms with van der Waals surface area (Å²) in [4.78, 5) is 29.9. The first-order valence-electron chi connectivity index (χ1n) is 12.0. The van der Waals surface area contributed by atoms with Crippen LogP contribution in [0.2, 0.25) is 0 Å². The number of imidazole rings is 1. The van der Waals surface area contributed by atoms with Gasteiger partial charge in [0.25, 0.3) is 5.91 Å². The molecule has 4 aromatic rings. The summed E-state index contributed by atoms with van der Waals surface area (Å²) in [7, 11) is 1.72. The smallest absolute Gasteiger partial charge is 0.258 e. The summed E-state index contributed by atoms with van der Waals surface area (Å²) in [5.41, 5.74) is 2.85. The summed E-state index contributed by atoms with van der Waals surface area (Å²) in [5.74, 6) is 1.55. The zero-order valence-corrected chi connectivity index (χ0v) is 20.2. The van der Waals surface area contributed by atoms with Gasteiger partial charge >= 0.3 is 0 Å². The van der Waals surface area contributed by atoms with E-state index >= 15 is 0 Å². The van der Waals surface area contributed by atoms with Crippen LogP contribution in [0.25, 0.3) is 22.6 Å². The van der Waals surface area contributed by atoms with E-state index in [4.69, 9.17) is 4.74 Å². The number of amides is 1. The van der Waals surface area contributed by atoms with E-state index in [0.717, 1.165) is 56.2 Å². The second kappa shape index (κ2) is 10.9. The summed E-state index contributed by atoms with van der Waals surface area (Å²) in [6.07, 6.45) is 1.59. The predicted molar refractivity (Wildman–Crippen MR) is 137 cm³/mol. The van der Waals surface area contributed by atoms with Crippen molar-refractivity contribution in [2.45, 2.75) is 6.54 Å². The highest BCUT2D eigenvalue weighted by Gasteiger charge is 2.19. The molecule has 0 bridgehead atoms. The molecule has 1 aromatic carbocycles. The molecule has 36 heavy (non-hydrogen) atoms. The molecular formula is C25H30N8O3. The highest BCUT2D eigenvalue weighted by molar-refractivity contribution is 6.03. The van der Waals surface area contributed by atoms with Gasteiger partial charge < -0.3 is 25.0 Å². The van der Waals surface area contributed by atoms with Crippen LogP contribution in [0.5, 0.6) is 0 Å². The van der Waals surface area contributed by atoms with E-state index in [9.17, 15) is 9.90 Å². The summed E-state index contributed by atoms with van der Waals surface area (Å²) in [6.45, 7) is 5.54. The lowest BCUT2D eigenvalue weighted by Gasteiger charge is -2.35. The van der Waals surface area contributed by atoms with Crippen molar-refractivity contribution < 1.29 is 14.6 Å². The minimum atomic E-state index is -0.303. The number of pyridine rings is 1. The largest absolute Gasteiger partial charge is 0.394 e. The highest BCUT2D eigenvalue weighted by atomic mass is 16.5. The van der Waals surface area contributed by atoms with Crippen LogP contribution in [-0.4, -0.2) is 93.7 Å². The fraction of sp³-hybridized carbons (Fsp3) is 0.360. The number of carbonyl (C=O) groups is 1. The van der Waals surface area contributed by atoms with Crippen molar-refractivity contribution in [1.82, 2.24) is 29.6 Å². The molecule has 1 fully saturated rings. The number of H-pyrrole nitrogens is 1. The van der Waals surface area contributed by atoms with E-state index in [1.54, 1.807) is 30.1 Å². The van der Waals surface area contributed by atoms with Gasteiger partial charge in [0.2, 0.25) is 0 Å². The van der Waals surface area contributed by atoms with E-state index in [0.29, 0.717) is 22.9 Å². The number of benzene rings is 1. The van der Waals surface area contributed by atoms with Gasteiger partial charge in [-0.15, -0.1) is 0 Å². The molecule has 1 saturated heterocycles. The highest BCUT2D eigenvalue weighted by Crippen LogP contribution is 2.24. The average molecular weight is 491 g/mol. The molecule has 0 aliphatic carbocycles. The zero-order chi connectivity index (χ0) is 24.9. The van der Waals surface area contributed by atoms with Gasteiger partial charge in [-0.25, -0.2) is 9.97 Å². The third-order valence-electron chi connectivity index (χ3n) is 6.28. The van der Waals surface area contributed by atoms with Crippen LogP contribution in [0.4, 0.5) is 11.6 Å². The number of rotatable bonds is 9. The molecule has 0 unspecified atom stereocenters. The van der Waals surface area contributed by atoms with E-state index in [2.05, 4.69) is 35.2 Å². The SMILES string of the molecule is COCCN1CCN(c2ccc(C(=O)Nc3cc(-c4nc5ccccc5[nH]4)n(CCO)n3)cn2)CC1. The van der Waals surface area contributed by atoms with Crippen LogP contribution < -0.4 is 10.2 Å². The number of aliphatic hydroxyl groups excluding tert-OH is 1. The van der Waals surface area contributed by atoms with E-state index in [-0.39, 0.29) is 19.1 Å². The number of methoxy groups -OCH3 is 1. The number of aromatic nitrogens is 5.